The first kappa shape index (κ1) is 24.3. The van der Waals surface area contributed by atoms with Gasteiger partial charge in [-0.05, 0) is 25.0 Å². The molecule has 0 spiro atoms. The average Bonchev–Trinajstić information content (AvgIpc) is 3.10. The van der Waals surface area contributed by atoms with Gasteiger partial charge in [-0.15, -0.1) is 0 Å². The van der Waals surface area contributed by atoms with Gasteiger partial charge < -0.3 is 41.6 Å². The summed E-state index contributed by atoms with van der Waals surface area (Å²) >= 11 is 0. The summed E-state index contributed by atoms with van der Waals surface area (Å²) in [6.07, 6.45) is 0.974. The molecule has 5 nitrogen and oxygen atoms in total. The van der Waals surface area contributed by atoms with Crippen molar-refractivity contribution >= 4 is 5.97 Å². The highest BCUT2D eigenvalue weighted by Gasteiger charge is 2.34. The zero-order valence-corrected chi connectivity index (χ0v) is 18.0. The molecular formula is C22H29BrNO4-. The van der Waals surface area contributed by atoms with E-state index in [1.165, 1.54) is 19.6 Å². The number of quaternary nitrogens is 1. The van der Waals surface area contributed by atoms with Crippen LogP contribution in [0.2, 0.25) is 0 Å². The first-order chi connectivity index (χ1) is 12.9. The number of likely N-dealkylation sites (tertiary alicyclic amines) is 1. The van der Waals surface area contributed by atoms with Crippen LogP contribution in [-0.2, 0) is 10.4 Å². The summed E-state index contributed by atoms with van der Waals surface area (Å²) in [4.78, 5) is 11.3. The van der Waals surface area contributed by atoms with Crippen molar-refractivity contribution in [2.24, 2.45) is 0 Å². The van der Waals surface area contributed by atoms with Gasteiger partial charge >= 0.3 is 0 Å². The van der Waals surface area contributed by atoms with Crippen LogP contribution in [0, 0.1) is 0 Å². The molecule has 1 aliphatic rings. The van der Waals surface area contributed by atoms with Gasteiger partial charge in [0.25, 0.3) is 0 Å². The Hall–Kier alpha value is -1.73. The maximum atomic E-state index is 11.3. The van der Waals surface area contributed by atoms with E-state index >= 15 is 0 Å². The molecule has 1 heterocycles. The Kier molecular flexibility index (Phi) is 9.30. The molecule has 3 rings (SSSR count). The highest BCUT2D eigenvalue weighted by molar-refractivity contribution is 5.81. The Bertz CT molecular complexity index is 680. The minimum Gasteiger partial charge on any atom is -1.00 e. The van der Waals surface area contributed by atoms with Crippen molar-refractivity contribution in [2.75, 3.05) is 26.2 Å². The van der Waals surface area contributed by atoms with Crippen LogP contribution in [0.15, 0.2) is 60.7 Å². The van der Waals surface area contributed by atoms with Crippen LogP contribution in [0.3, 0.4) is 0 Å². The van der Waals surface area contributed by atoms with E-state index in [2.05, 4.69) is 13.8 Å². The lowest BCUT2D eigenvalue weighted by Crippen LogP contribution is -3.00. The Morgan fingerprint density at radius 2 is 1.46 bits per heavy atom. The van der Waals surface area contributed by atoms with E-state index in [0.29, 0.717) is 0 Å². The molecule has 154 valence electrons. The number of likely N-dealkylation sites (N-methyl/N-ethyl adjacent to an activating group) is 1. The summed E-state index contributed by atoms with van der Waals surface area (Å²) < 4.78 is 1.13. The predicted molar refractivity (Wildman–Crippen MR) is 103 cm³/mol. The van der Waals surface area contributed by atoms with Gasteiger partial charge in [0.05, 0.1) is 25.6 Å². The number of aliphatic carboxylic acids is 1. The van der Waals surface area contributed by atoms with Crippen molar-refractivity contribution in [3.05, 3.63) is 71.8 Å². The number of hydrogen-bond acceptors (Lipinski definition) is 4. The molecule has 1 atom stereocenters. The number of carboxylic acid groups (broad SMARTS) is 1. The fourth-order valence-electron chi connectivity index (χ4n) is 3.61. The SMILES string of the molecule is CC[N+]1(CC)CCC(O)C1.O=C([O-])C(O)(c1ccccc1)c1ccccc1.[Br-]. The Balaban J connectivity index is 0.000000307. The molecule has 2 aromatic carbocycles. The summed E-state index contributed by atoms with van der Waals surface area (Å²) in [5.41, 5.74) is -1.54. The minimum absolute atomic E-state index is 0. The van der Waals surface area contributed by atoms with E-state index in [0.717, 1.165) is 17.4 Å². The van der Waals surface area contributed by atoms with E-state index in [1.54, 1.807) is 60.7 Å². The minimum atomic E-state index is -2.11. The highest BCUT2D eigenvalue weighted by atomic mass is 79.9. The van der Waals surface area contributed by atoms with Gasteiger partial charge in [0, 0.05) is 6.42 Å². The van der Waals surface area contributed by atoms with Crippen LogP contribution in [0.5, 0.6) is 0 Å². The number of hydrogen-bond donors (Lipinski definition) is 2. The van der Waals surface area contributed by atoms with Gasteiger partial charge in [-0.3, -0.25) is 0 Å². The lowest BCUT2D eigenvalue weighted by atomic mass is 9.86. The van der Waals surface area contributed by atoms with Crippen molar-refractivity contribution in [3.63, 3.8) is 0 Å². The number of carbonyl (C=O) groups is 1. The molecule has 1 aliphatic heterocycles. The largest absolute Gasteiger partial charge is 1.00 e. The van der Waals surface area contributed by atoms with Crippen LogP contribution >= 0.6 is 0 Å². The number of carboxylic acids is 1. The molecule has 1 saturated heterocycles. The first-order valence-corrected chi connectivity index (χ1v) is 9.46. The number of nitrogens with zero attached hydrogens (tertiary/aromatic N) is 1. The third kappa shape index (κ3) is 5.41. The van der Waals surface area contributed by atoms with Gasteiger partial charge in [0.1, 0.15) is 12.6 Å². The molecule has 1 unspecified atom stereocenters. The van der Waals surface area contributed by atoms with Crippen LogP contribution in [0.25, 0.3) is 0 Å². The Morgan fingerprint density at radius 1 is 1.04 bits per heavy atom. The molecule has 6 heteroatoms. The highest BCUT2D eigenvalue weighted by Crippen LogP contribution is 2.28. The number of rotatable bonds is 5. The number of carbonyl (C=O) groups excluding carboxylic acids is 1. The van der Waals surface area contributed by atoms with E-state index < -0.39 is 11.6 Å². The van der Waals surface area contributed by atoms with Crippen LogP contribution in [-0.4, -0.2) is 52.9 Å². The zero-order valence-electron chi connectivity index (χ0n) is 16.4. The van der Waals surface area contributed by atoms with Crippen molar-refractivity contribution in [3.8, 4) is 0 Å². The van der Waals surface area contributed by atoms with Gasteiger partial charge in [0.15, 0.2) is 5.60 Å². The maximum absolute atomic E-state index is 11.3. The van der Waals surface area contributed by atoms with Gasteiger partial charge in [-0.1, -0.05) is 60.7 Å². The molecule has 0 aliphatic carbocycles. The summed E-state index contributed by atoms with van der Waals surface area (Å²) in [5, 5.41) is 30.9. The summed E-state index contributed by atoms with van der Waals surface area (Å²) in [6, 6.07) is 16.4. The zero-order chi connectivity index (χ0) is 19.9. The second-order valence-electron chi connectivity index (χ2n) is 7.05. The van der Waals surface area contributed by atoms with Crippen LogP contribution < -0.4 is 22.1 Å². The number of aliphatic hydroxyl groups excluding tert-OH is 1. The first-order valence-electron chi connectivity index (χ1n) is 9.46. The number of halogens is 1. The van der Waals surface area contributed by atoms with Crippen LogP contribution in [0.4, 0.5) is 0 Å². The second-order valence-corrected chi connectivity index (χ2v) is 7.05. The predicted octanol–water partition coefficient (Wildman–Crippen LogP) is -1.72. The lowest BCUT2D eigenvalue weighted by molar-refractivity contribution is -0.914. The molecule has 0 radical (unpaired) electrons. The van der Waals surface area contributed by atoms with Crippen LogP contribution in [0.1, 0.15) is 31.4 Å². The van der Waals surface area contributed by atoms with E-state index in [-0.39, 0.29) is 34.2 Å². The molecule has 0 aromatic heterocycles. The van der Waals surface area contributed by atoms with E-state index in [4.69, 9.17) is 0 Å². The van der Waals surface area contributed by atoms with E-state index in [1.807, 2.05) is 0 Å². The quantitative estimate of drug-likeness (QED) is 0.531. The maximum Gasteiger partial charge on any atom is 0.154 e. The number of benzene rings is 2. The summed E-state index contributed by atoms with van der Waals surface area (Å²) in [6.45, 7) is 8.92. The summed E-state index contributed by atoms with van der Waals surface area (Å²) in [5.74, 6) is -1.53. The van der Waals surface area contributed by atoms with E-state index in [9.17, 15) is 20.1 Å². The molecule has 1 fully saturated rings. The van der Waals surface area contributed by atoms with Crippen molar-refractivity contribution < 1.29 is 41.6 Å². The molecular weight excluding hydrogens is 422 g/mol. The summed E-state index contributed by atoms with van der Waals surface area (Å²) in [7, 11) is 0. The van der Waals surface area contributed by atoms with Crippen molar-refractivity contribution in [2.45, 2.75) is 32.0 Å². The van der Waals surface area contributed by atoms with Gasteiger partial charge in [-0.25, -0.2) is 0 Å². The topological polar surface area (TPSA) is 80.6 Å². The molecule has 0 bridgehead atoms. The fraction of sp³-hybridized carbons (Fsp3) is 0.409. The number of aliphatic hydroxyl groups is 2. The standard InChI is InChI=1S/C14H12O3.C8H18NO.BrH/c15-13(16)14(17,11-7-3-1-4-8-11)12-9-5-2-6-10-12;1-3-9(4-2)6-5-8(10)7-9;/h1-10,17H,(H,15,16);8,10H,3-7H2,1-2H3;1H/q;+1;/p-2. The molecule has 0 saturated carbocycles. The third-order valence-electron chi connectivity index (χ3n) is 5.55. The normalized spacial score (nSPS) is 17.8. The molecule has 0 amide bonds. The molecule has 2 aromatic rings. The fourth-order valence-corrected chi connectivity index (χ4v) is 3.61. The Morgan fingerprint density at radius 3 is 1.71 bits per heavy atom. The second kappa shape index (κ2) is 10.7. The van der Waals surface area contributed by atoms with Crippen molar-refractivity contribution in [1.82, 2.24) is 0 Å². The Labute approximate surface area is 177 Å². The van der Waals surface area contributed by atoms with Gasteiger partial charge in [0.2, 0.25) is 0 Å². The third-order valence-corrected chi connectivity index (χ3v) is 5.55. The van der Waals surface area contributed by atoms with Gasteiger partial charge in [-0.2, -0.15) is 0 Å². The van der Waals surface area contributed by atoms with Crippen molar-refractivity contribution in [1.29, 1.82) is 0 Å². The monoisotopic (exact) mass is 450 g/mol. The lowest BCUT2D eigenvalue weighted by Gasteiger charge is -2.31. The molecule has 2 N–H and O–H groups in total. The smallest absolute Gasteiger partial charge is 0.154 e. The average molecular weight is 451 g/mol. The molecule has 28 heavy (non-hydrogen) atoms.